The van der Waals surface area contributed by atoms with Gasteiger partial charge in [0.1, 0.15) is 0 Å². The highest BCUT2D eigenvalue weighted by atomic mass is 16.7. The number of hydrogen-bond acceptors (Lipinski definition) is 5. The summed E-state index contributed by atoms with van der Waals surface area (Å²) in [5.74, 6) is -0.0190. The van der Waals surface area contributed by atoms with E-state index in [-0.39, 0.29) is 30.8 Å². The molecule has 2 amide bonds. The quantitative estimate of drug-likeness (QED) is 0.294. The number of aliphatic hydroxyl groups excluding tert-OH is 1. The van der Waals surface area contributed by atoms with Crippen molar-refractivity contribution in [2.24, 2.45) is 0 Å². The van der Waals surface area contributed by atoms with E-state index < -0.39 is 6.29 Å². The fraction of sp³-hybridized carbons (Fsp3) is 0.441. The maximum atomic E-state index is 12.2. The van der Waals surface area contributed by atoms with Gasteiger partial charge >= 0.3 is 6.03 Å². The summed E-state index contributed by atoms with van der Waals surface area (Å²) in [6.07, 6.45) is 5.32. The van der Waals surface area contributed by atoms with E-state index in [1.54, 1.807) is 0 Å². The smallest absolute Gasteiger partial charge is 0.319 e. The molecule has 5 rings (SSSR count). The number of hydrogen-bond donors (Lipinski definition) is 3. The molecular weight excluding hydrogens is 514 g/mol. The number of aliphatic hydroxyl groups is 1. The third-order valence-electron chi connectivity index (χ3n) is 8.11. The number of ether oxygens (including phenoxy) is 2. The van der Waals surface area contributed by atoms with Gasteiger partial charge in [-0.3, -0.25) is 0 Å². The van der Waals surface area contributed by atoms with Crippen LogP contribution < -0.4 is 10.6 Å². The molecule has 41 heavy (non-hydrogen) atoms. The van der Waals surface area contributed by atoms with Crippen LogP contribution in [0.25, 0.3) is 0 Å². The molecule has 0 aromatic heterocycles. The SMILES string of the molecule is CCNC(=O)Nc1cccc(C2OC(CN3CCCCCCC3)C(c3ccccc3)C(c3ccc(CO)cc3)O2)c1. The molecule has 4 unspecified atom stereocenters. The highest BCUT2D eigenvalue weighted by molar-refractivity contribution is 5.89. The molecule has 7 nitrogen and oxygen atoms in total. The molecule has 3 aromatic rings. The number of carbonyl (C=O) groups excluding carboxylic acids is 1. The third-order valence-corrected chi connectivity index (χ3v) is 8.11. The van der Waals surface area contributed by atoms with E-state index in [1.807, 2.05) is 49.4 Å². The molecule has 2 aliphatic rings. The molecule has 3 aromatic carbocycles. The Morgan fingerprint density at radius 3 is 2.27 bits per heavy atom. The van der Waals surface area contributed by atoms with Gasteiger partial charge in [0, 0.05) is 30.3 Å². The van der Waals surface area contributed by atoms with Crippen LogP contribution in [0.3, 0.4) is 0 Å². The number of likely N-dealkylation sites (tertiary alicyclic amines) is 1. The van der Waals surface area contributed by atoms with E-state index in [2.05, 4.69) is 51.9 Å². The second-order valence-electron chi connectivity index (χ2n) is 11.1. The van der Waals surface area contributed by atoms with Gasteiger partial charge in [-0.2, -0.15) is 0 Å². The van der Waals surface area contributed by atoms with Crippen molar-refractivity contribution in [3.8, 4) is 0 Å². The first-order valence-corrected chi connectivity index (χ1v) is 15.1. The van der Waals surface area contributed by atoms with Crippen molar-refractivity contribution >= 4 is 11.7 Å². The number of urea groups is 1. The minimum atomic E-state index is -0.603. The summed E-state index contributed by atoms with van der Waals surface area (Å²) >= 11 is 0. The minimum absolute atomic E-state index is 0.00262. The molecule has 2 saturated heterocycles. The first-order valence-electron chi connectivity index (χ1n) is 15.1. The Labute approximate surface area is 243 Å². The highest BCUT2D eigenvalue weighted by Crippen LogP contribution is 2.47. The molecule has 2 fully saturated rings. The lowest BCUT2D eigenvalue weighted by atomic mass is 9.83. The number of anilines is 1. The van der Waals surface area contributed by atoms with Gasteiger partial charge in [0.15, 0.2) is 6.29 Å². The molecule has 4 atom stereocenters. The van der Waals surface area contributed by atoms with Crippen LogP contribution in [-0.2, 0) is 16.1 Å². The van der Waals surface area contributed by atoms with Gasteiger partial charge < -0.3 is 30.1 Å². The molecule has 0 spiro atoms. The predicted octanol–water partition coefficient (Wildman–Crippen LogP) is 6.53. The Hall–Kier alpha value is -3.23. The van der Waals surface area contributed by atoms with Crippen molar-refractivity contribution in [3.63, 3.8) is 0 Å². The third kappa shape index (κ3) is 7.74. The van der Waals surface area contributed by atoms with Crippen molar-refractivity contribution in [1.29, 1.82) is 0 Å². The Balaban J connectivity index is 1.50. The van der Waals surface area contributed by atoms with Crippen LogP contribution in [0.5, 0.6) is 0 Å². The zero-order valence-electron chi connectivity index (χ0n) is 24.0. The van der Waals surface area contributed by atoms with Crippen LogP contribution in [0.4, 0.5) is 10.5 Å². The number of rotatable bonds is 8. The number of amides is 2. The van der Waals surface area contributed by atoms with E-state index in [0.717, 1.165) is 36.3 Å². The lowest BCUT2D eigenvalue weighted by Crippen LogP contribution is -2.45. The topological polar surface area (TPSA) is 83.1 Å². The van der Waals surface area contributed by atoms with Crippen LogP contribution in [-0.4, -0.2) is 48.3 Å². The molecule has 7 heteroatoms. The molecule has 2 heterocycles. The molecule has 0 radical (unpaired) electrons. The number of carbonyl (C=O) groups is 1. The molecular formula is C34H43N3O4. The van der Waals surface area contributed by atoms with Gasteiger partial charge in [-0.05, 0) is 61.7 Å². The average Bonchev–Trinajstić information content (AvgIpc) is 2.99. The summed E-state index contributed by atoms with van der Waals surface area (Å²) < 4.78 is 13.7. The molecule has 218 valence electrons. The zero-order valence-corrected chi connectivity index (χ0v) is 24.0. The average molecular weight is 558 g/mol. The molecule has 0 aliphatic carbocycles. The fourth-order valence-corrected chi connectivity index (χ4v) is 6.01. The van der Waals surface area contributed by atoms with Gasteiger partial charge in [-0.15, -0.1) is 0 Å². The summed E-state index contributed by atoms with van der Waals surface area (Å²) in [7, 11) is 0. The lowest BCUT2D eigenvalue weighted by Gasteiger charge is -2.44. The summed E-state index contributed by atoms with van der Waals surface area (Å²) in [5, 5.41) is 15.3. The molecule has 0 bridgehead atoms. The summed E-state index contributed by atoms with van der Waals surface area (Å²) in [6.45, 7) is 5.42. The maximum Gasteiger partial charge on any atom is 0.319 e. The second kappa shape index (κ2) is 14.6. The van der Waals surface area contributed by atoms with Crippen LogP contribution in [0.2, 0.25) is 0 Å². The lowest BCUT2D eigenvalue weighted by molar-refractivity contribution is -0.263. The molecule has 2 aliphatic heterocycles. The van der Waals surface area contributed by atoms with E-state index in [4.69, 9.17) is 9.47 Å². The summed E-state index contributed by atoms with van der Waals surface area (Å²) in [5.41, 5.74) is 4.66. The van der Waals surface area contributed by atoms with Crippen molar-refractivity contribution < 1.29 is 19.4 Å². The standard InChI is InChI=1S/C34H43N3O4/c1-2-35-34(39)36-29-15-11-14-28(22-29)33-40-30(23-37-20-9-4-3-5-10-21-37)31(26-12-7-6-8-13-26)32(41-33)27-18-16-25(24-38)17-19-27/h6-8,11-19,22,30-33,38H,2-5,9-10,20-21,23-24H2,1H3,(H2,35,36,39). The number of benzene rings is 3. The predicted molar refractivity (Wildman–Crippen MR) is 162 cm³/mol. The zero-order chi connectivity index (χ0) is 28.4. The number of nitrogens with zero attached hydrogens (tertiary/aromatic N) is 1. The van der Waals surface area contributed by atoms with Crippen molar-refractivity contribution in [1.82, 2.24) is 10.2 Å². The van der Waals surface area contributed by atoms with Gasteiger partial charge in [0.2, 0.25) is 0 Å². The first-order chi connectivity index (χ1) is 20.1. The van der Waals surface area contributed by atoms with Gasteiger partial charge in [-0.25, -0.2) is 4.79 Å². The van der Waals surface area contributed by atoms with Gasteiger partial charge in [0.05, 0.1) is 18.8 Å². The van der Waals surface area contributed by atoms with Crippen LogP contribution in [0.15, 0.2) is 78.9 Å². The maximum absolute atomic E-state index is 12.2. The second-order valence-corrected chi connectivity index (χ2v) is 11.1. The summed E-state index contributed by atoms with van der Waals surface area (Å²) in [4.78, 5) is 14.8. The normalized spacial score (nSPS) is 23.8. The monoisotopic (exact) mass is 557 g/mol. The highest BCUT2D eigenvalue weighted by Gasteiger charge is 2.42. The fourth-order valence-electron chi connectivity index (χ4n) is 6.01. The van der Waals surface area contributed by atoms with Crippen molar-refractivity contribution in [3.05, 3.63) is 101 Å². The largest absolute Gasteiger partial charge is 0.392 e. The van der Waals surface area contributed by atoms with Gasteiger partial charge in [-0.1, -0.05) is 86.0 Å². The van der Waals surface area contributed by atoms with Crippen LogP contribution >= 0.6 is 0 Å². The molecule has 0 saturated carbocycles. The van der Waals surface area contributed by atoms with Crippen LogP contribution in [0, 0.1) is 0 Å². The minimum Gasteiger partial charge on any atom is -0.392 e. The Kier molecular flexibility index (Phi) is 10.4. The molecule has 3 N–H and O–H groups in total. The Morgan fingerprint density at radius 1 is 0.854 bits per heavy atom. The van der Waals surface area contributed by atoms with E-state index in [9.17, 15) is 9.90 Å². The summed E-state index contributed by atoms with van der Waals surface area (Å²) in [6, 6.07) is 26.1. The first kappa shape index (κ1) is 29.3. The van der Waals surface area contributed by atoms with E-state index >= 15 is 0 Å². The number of nitrogens with one attached hydrogen (secondary N) is 2. The van der Waals surface area contributed by atoms with Gasteiger partial charge in [0.25, 0.3) is 0 Å². The van der Waals surface area contributed by atoms with Crippen molar-refractivity contribution in [2.45, 2.75) is 70.1 Å². The van der Waals surface area contributed by atoms with Crippen molar-refractivity contribution in [2.75, 3.05) is 31.5 Å². The Morgan fingerprint density at radius 2 is 1.56 bits per heavy atom. The Bertz CT molecular complexity index is 1230. The van der Waals surface area contributed by atoms with Crippen LogP contribution in [0.1, 0.15) is 79.6 Å². The van der Waals surface area contributed by atoms with E-state index in [0.29, 0.717) is 12.2 Å². The van der Waals surface area contributed by atoms with E-state index in [1.165, 1.54) is 37.7 Å².